The van der Waals surface area contributed by atoms with Gasteiger partial charge >= 0.3 is 0 Å². The van der Waals surface area contributed by atoms with E-state index < -0.39 is 0 Å². The van der Waals surface area contributed by atoms with Gasteiger partial charge in [0.15, 0.2) is 0 Å². The molecule has 0 aromatic rings. The minimum absolute atomic E-state index is 0.128. The van der Waals surface area contributed by atoms with Crippen molar-refractivity contribution in [2.24, 2.45) is 46.3 Å². The normalized spacial score (nSPS) is 45.0. The zero-order valence-electron chi connectivity index (χ0n) is 20.4. The van der Waals surface area contributed by atoms with Gasteiger partial charge < -0.3 is 15.0 Å². The molecular weight excluding hydrogens is 384 g/mol. The Bertz CT molecular complexity index is 686. The monoisotopic (exact) mass is 430 g/mol. The quantitative estimate of drug-likeness (QED) is 0.389. The molecule has 4 rings (SSSR count). The van der Waals surface area contributed by atoms with E-state index in [9.17, 15) is 15.0 Å². The summed E-state index contributed by atoms with van der Waals surface area (Å²) in [6.07, 6.45) is 15.0. The molecule has 0 aliphatic heterocycles. The standard InChI is InChI=1S/C28H46O3/c1-18(13-16-29)5-10-26(31)19(2)23-8-9-24-22-7-6-20-17-21(30)11-14-27(20,3)25(22)12-15-28(23,24)4/h6,16,18-19,21-26,30-31H,5,7-15,17H2,1-4H3/t18?,19-,21+,22+,23-,24+,25+,26?,27+,28+/m1/s1. The Labute approximate surface area is 190 Å². The minimum atomic E-state index is -0.248. The van der Waals surface area contributed by atoms with Crippen molar-refractivity contribution < 1.29 is 15.0 Å². The molecule has 0 bridgehead atoms. The molecule has 0 spiro atoms. The molecule has 4 aliphatic carbocycles. The number of aliphatic hydroxyl groups is 2. The molecule has 3 saturated carbocycles. The summed E-state index contributed by atoms with van der Waals surface area (Å²) >= 11 is 0. The van der Waals surface area contributed by atoms with E-state index in [2.05, 4.69) is 33.8 Å². The number of fused-ring (bicyclic) bond motifs is 5. The fourth-order valence-electron chi connectivity index (χ4n) is 8.81. The molecule has 3 fully saturated rings. The summed E-state index contributed by atoms with van der Waals surface area (Å²) in [6, 6.07) is 0. The van der Waals surface area contributed by atoms with E-state index in [1.807, 2.05) is 0 Å². The van der Waals surface area contributed by atoms with Crippen LogP contribution in [0, 0.1) is 46.3 Å². The smallest absolute Gasteiger partial charge is 0.120 e. The SMILES string of the molecule is CC(CC=O)CCC(O)[C@H](C)[C@H]1CC[C@H]2[C@@H]3CC=C4C[C@@H](O)CC[C@]4(C)[C@H]3CC[C@@]12C. The third-order valence-electron chi connectivity index (χ3n) is 10.8. The third kappa shape index (κ3) is 4.07. The Hall–Kier alpha value is -0.670. The van der Waals surface area contributed by atoms with E-state index in [1.54, 1.807) is 5.57 Å². The topological polar surface area (TPSA) is 57.5 Å². The number of aliphatic hydroxyl groups excluding tert-OH is 2. The zero-order chi connectivity index (χ0) is 22.4. The molecule has 0 amide bonds. The first-order valence-corrected chi connectivity index (χ1v) is 13.2. The first kappa shape index (κ1) is 23.5. The maximum Gasteiger partial charge on any atom is 0.120 e. The molecule has 176 valence electrons. The van der Waals surface area contributed by atoms with Crippen LogP contribution in [-0.4, -0.2) is 28.7 Å². The van der Waals surface area contributed by atoms with Crippen molar-refractivity contribution in [1.29, 1.82) is 0 Å². The van der Waals surface area contributed by atoms with Crippen LogP contribution in [0.3, 0.4) is 0 Å². The van der Waals surface area contributed by atoms with Gasteiger partial charge in [-0.15, -0.1) is 0 Å². The van der Waals surface area contributed by atoms with Crippen LogP contribution in [0.1, 0.15) is 98.3 Å². The van der Waals surface area contributed by atoms with E-state index in [4.69, 9.17) is 0 Å². The van der Waals surface area contributed by atoms with Gasteiger partial charge in [-0.2, -0.15) is 0 Å². The van der Waals surface area contributed by atoms with E-state index in [0.29, 0.717) is 35.0 Å². The van der Waals surface area contributed by atoms with Gasteiger partial charge in [0.25, 0.3) is 0 Å². The van der Waals surface area contributed by atoms with E-state index in [-0.39, 0.29) is 12.2 Å². The molecule has 31 heavy (non-hydrogen) atoms. The van der Waals surface area contributed by atoms with Crippen molar-refractivity contribution in [3.8, 4) is 0 Å². The van der Waals surface area contributed by atoms with Gasteiger partial charge in [-0.25, -0.2) is 0 Å². The van der Waals surface area contributed by atoms with E-state index in [1.165, 1.54) is 32.1 Å². The van der Waals surface area contributed by atoms with Crippen molar-refractivity contribution in [3.63, 3.8) is 0 Å². The molecule has 4 aliphatic rings. The van der Waals surface area contributed by atoms with Gasteiger partial charge in [-0.1, -0.05) is 39.3 Å². The lowest BCUT2D eigenvalue weighted by atomic mass is 9.47. The Morgan fingerprint density at radius 2 is 1.87 bits per heavy atom. The molecule has 2 N–H and O–H groups in total. The highest BCUT2D eigenvalue weighted by molar-refractivity contribution is 5.49. The summed E-state index contributed by atoms with van der Waals surface area (Å²) in [7, 11) is 0. The van der Waals surface area contributed by atoms with Crippen LogP contribution >= 0.6 is 0 Å². The second-order valence-electron chi connectivity index (χ2n) is 12.4. The van der Waals surface area contributed by atoms with Gasteiger partial charge in [-0.3, -0.25) is 0 Å². The second-order valence-corrected chi connectivity index (χ2v) is 12.4. The van der Waals surface area contributed by atoms with Crippen LogP contribution in [-0.2, 0) is 4.79 Å². The zero-order valence-corrected chi connectivity index (χ0v) is 20.4. The fourth-order valence-corrected chi connectivity index (χ4v) is 8.81. The van der Waals surface area contributed by atoms with Gasteiger partial charge in [0.1, 0.15) is 6.29 Å². The largest absolute Gasteiger partial charge is 0.393 e. The Kier molecular flexibility index (Phi) is 6.77. The predicted molar refractivity (Wildman–Crippen MR) is 125 cm³/mol. The van der Waals surface area contributed by atoms with Crippen LogP contribution in [0.5, 0.6) is 0 Å². The van der Waals surface area contributed by atoms with Crippen LogP contribution in [0.2, 0.25) is 0 Å². The maximum absolute atomic E-state index is 11.0. The van der Waals surface area contributed by atoms with Gasteiger partial charge in [0.2, 0.25) is 0 Å². The van der Waals surface area contributed by atoms with Crippen molar-refractivity contribution in [1.82, 2.24) is 0 Å². The summed E-state index contributed by atoms with van der Waals surface area (Å²) in [4.78, 5) is 10.8. The maximum atomic E-state index is 11.0. The number of carbonyl (C=O) groups excluding carboxylic acids is 1. The summed E-state index contributed by atoms with van der Waals surface area (Å²) in [5.41, 5.74) is 2.21. The molecule has 3 nitrogen and oxygen atoms in total. The number of aldehydes is 1. The summed E-state index contributed by atoms with van der Waals surface area (Å²) < 4.78 is 0. The number of hydrogen-bond donors (Lipinski definition) is 2. The molecule has 2 unspecified atom stereocenters. The third-order valence-corrected chi connectivity index (χ3v) is 10.8. The number of rotatable bonds is 7. The molecule has 0 aromatic heterocycles. The number of allylic oxidation sites excluding steroid dienone is 1. The van der Waals surface area contributed by atoms with Crippen molar-refractivity contribution in [2.75, 3.05) is 0 Å². The highest BCUT2D eigenvalue weighted by Crippen LogP contribution is 2.67. The molecular formula is C28H46O3. The molecule has 0 heterocycles. The van der Waals surface area contributed by atoms with Crippen molar-refractivity contribution in [3.05, 3.63) is 11.6 Å². The second kappa shape index (κ2) is 8.93. The molecule has 3 heteroatoms. The van der Waals surface area contributed by atoms with Crippen LogP contribution in [0.15, 0.2) is 11.6 Å². The predicted octanol–water partition coefficient (Wildman–Crippen LogP) is 5.93. The number of hydrogen-bond acceptors (Lipinski definition) is 3. The first-order chi connectivity index (χ1) is 14.7. The Morgan fingerprint density at radius 1 is 1.10 bits per heavy atom. The average Bonchev–Trinajstić information content (AvgIpc) is 3.09. The minimum Gasteiger partial charge on any atom is -0.393 e. The highest BCUT2D eigenvalue weighted by atomic mass is 16.3. The van der Waals surface area contributed by atoms with Gasteiger partial charge in [-0.05, 0) is 111 Å². The van der Waals surface area contributed by atoms with Gasteiger partial charge in [0.05, 0.1) is 12.2 Å². The van der Waals surface area contributed by atoms with Crippen LogP contribution in [0.25, 0.3) is 0 Å². The molecule has 0 aromatic carbocycles. The van der Waals surface area contributed by atoms with E-state index in [0.717, 1.165) is 56.1 Å². The number of carbonyl (C=O) groups is 1. The van der Waals surface area contributed by atoms with Crippen LogP contribution in [0.4, 0.5) is 0 Å². The lowest BCUT2D eigenvalue weighted by Crippen LogP contribution is -2.51. The molecule has 0 radical (unpaired) electrons. The molecule has 0 saturated heterocycles. The van der Waals surface area contributed by atoms with Crippen molar-refractivity contribution >= 4 is 6.29 Å². The lowest BCUT2D eigenvalue weighted by molar-refractivity contribution is -0.108. The average molecular weight is 431 g/mol. The Morgan fingerprint density at radius 3 is 2.61 bits per heavy atom. The summed E-state index contributed by atoms with van der Waals surface area (Å²) in [6.45, 7) is 9.47. The Balaban J connectivity index is 1.46. The first-order valence-electron chi connectivity index (χ1n) is 13.2. The molecule has 10 atom stereocenters. The van der Waals surface area contributed by atoms with Crippen LogP contribution < -0.4 is 0 Å². The van der Waals surface area contributed by atoms with E-state index >= 15 is 0 Å². The highest BCUT2D eigenvalue weighted by Gasteiger charge is 2.59. The summed E-state index contributed by atoms with van der Waals surface area (Å²) in [5, 5.41) is 21.3. The van der Waals surface area contributed by atoms with Gasteiger partial charge in [0, 0.05) is 6.42 Å². The van der Waals surface area contributed by atoms with Crippen molar-refractivity contribution in [2.45, 2.75) is 111 Å². The fraction of sp³-hybridized carbons (Fsp3) is 0.893. The summed E-state index contributed by atoms with van der Waals surface area (Å²) in [5.74, 6) is 3.67. The lowest BCUT2D eigenvalue weighted by Gasteiger charge is -2.58.